The summed E-state index contributed by atoms with van der Waals surface area (Å²) in [6.07, 6.45) is 11.9. The van der Waals surface area contributed by atoms with Gasteiger partial charge in [-0.1, -0.05) is 175 Å². The molecule has 640 valence electrons. The normalized spacial score (nSPS) is 15.7. The van der Waals surface area contributed by atoms with Crippen molar-refractivity contribution in [2.45, 2.75) is 53.4 Å². The summed E-state index contributed by atoms with van der Waals surface area (Å²) in [6, 6.07) is 52.7. The first-order valence-corrected chi connectivity index (χ1v) is 44.1. The summed E-state index contributed by atoms with van der Waals surface area (Å²) in [5.41, 5.74) is 13.6. The summed E-state index contributed by atoms with van der Waals surface area (Å²) >= 11 is 27.7. The summed E-state index contributed by atoms with van der Waals surface area (Å²) in [5, 5.41) is 61.6. The van der Waals surface area contributed by atoms with E-state index in [1.807, 2.05) is 174 Å². The van der Waals surface area contributed by atoms with Crippen LogP contribution in [0.5, 0.6) is 0 Å². The van der Waals surface area contributed by atoms with Gasteiger partial charge < -0.3 is 33.3 Å². The van der Waals surface area contributed by atoms with E-state index in [9.17, 15) is 0 Å². The van der Waals surface area contributed by atoms with Crippen LogP contribution in [0, 0.1) is 13.8 Å². The summed E-state index contributed by atoms with van der Waals surface area (Å²) in [4.78, 5) is 23.4. The van der Waals surface area contributed by atoms with Crippen molar-refractivity contribution in [3.8, 4) is 68.3 Å². The highest BCUT2D eigenvalue weighted by Gasteiger charge is 2.29. The standard InChI is InChI=1S/2C24H28ClN7.C22H24ClN7.C21H23ClN8/c1-17-9-10-18(2)32(17)24-21(25)20-22(19-7-5-4-6-8-19)28-31(23(20)26-27-24)16-15-30-13-11-29(3)12-14-30;1-3-19-10-7-11-31(19)24-21(25)20-22(18-8-5-4-6-9-18)28-32(23(20)26-27-24)17-16-30-14-12-29(2)13-15-30;1-27-11-13-28(14-12-27)15-16-30-21-18(20(26-30)17-7-3-2-4-8-17)19(23)22(25-24-21)29-9-5-6-10-29;1-27-9-11-28(12-10-27)13-14-30-20-17(19(26-30)16-5-3-2-4-6-16)18(22)21(25-24-20)29-8-7-23-15-29/h4-10H,11-16H2,1-3H3;4-11H,3,12-17H2,1-2H3;2-10H,11-16H2,1H3;2-8,15H,9-14H2,1H3. The van der Waals surface area contributed by atoms with Crippen LogP contribution in [0.1, 0.15) is 24.0 Å². The Bertz CT molecular complexity index is 6010. The highest BCUT2D eigenvalue weighted by Crippen LogP contribution is 2.41. The van der Waals surface area contributed by atoms with Crippen molar-refractivity contribution in [2.75, 3.05) is 159 Å². The fourth-order valence-electron chi connectivity index (χ4n) is 16.5. The number of likely N-dealkylation sites (N-methyl/N-ethyl adjacent to an activating group) is 4. The average Bonchev–Trinajstić information content (AvgIpc) is 1.58. The molecule has 0 atom stereocenters. The molecular weight excluding hydrogens is 1640 g/mol. The van der Waals surface area contributed by atoms with E-state index in [1.54, 1.807) is 17.1 Å². The van der Waals surface area contributed by atoms with Crippen LogP contribution in [0.15, 0.2) is 195 Å². The number of benzene rings is 4. The monoisotopic (exact) mass is 1740 g/mol. The van der Waals surface area contributed by atoms with Gasteiger partial charge >= 0.3 is 0 Å². The molecule has 0 aliphatic carbocycles. The lowest BCUT2D eigenvalue weighted by molar-refractivity contribution is 0.149. The second-order valence-electron chi connectivity index (χ2n) is 32.2. The molecule has 4 saturated heterocycles. The Morgan fingerprint density at radius 1 is 0.298 bits per heavy atom. The largest absolute Gasteiger partial charge is 0.306 e. The number of fused-ring (bicyclic) bond motifs is 4. The van der Waals surface area contributed by atoms with Crippen molar-refractivity contribution in [3.05, 3.63) is 232 Å². The second kappa shape index (κ2) is 39.0. The maximum absolute atomic E-state index is 7.02. The van der Waals surface area contributed by atoms with Crippen LogP contribution < -0.4 is 0 Å². The number of hydrogen-bond donors (Lipinski definition) is 0. The van der Waals surface area contributed by atoms with Gasteiger partial charge in [-0.25, -0.2) is 23.7 Å². The number of aryl methyl sites for hydroxylation is 3. The summed E-state index contributed by atoms with van der Waals surface area (Å²) in [6.45, 7) is 30.3. The van der Waals surface area contributed by atoms with Crippen LogP contribution in [0.4, 0.5) is 0 Å². The van der Waals surface area contributed by atoms with E-state index >= 15 is 0 Å². The second-order valence-corrected chi connectivity index (χ2v) is 33.7. The highest BCUT2D eigenvalue weighted by molar-refractivity contribution is 6.39. The highest BCUT2D eigenvalue weighted by atomic mass is 35.5. The van der Waals surface area contributed by atoms with Gasteiger partial charge in [0.2, 0.25) is 0 Å². The Kier molecular flexibility index (Phi) is 26.8. The zero-order valence-corrected chi connectivity index (χ0v) is 74.2. The minimum atomic E-state index is 0.530. The quantitative estimate of drug-likeness (QED) is 0.0650. The molecule has 4 aliphatic rings. The van der Waals surface area contributed by atoms with Gasteiger partial charge in [0.25, 0.3) is 0 Å². The van der Waals surface area contributed by atoms with Gasteiger partial charge in [0.15, 0.2) is 45.9 Å². The van der Waals surface area contributed by atoms with Crippen molar-refractivity contribution in [1.29, 1.82) is 0 Å². The number of hydrogen-bond acceptors (Lipinski definition) is 21. The Morgan fingerprint density at radius 2 is 0.605 bits per heavy atom. The number of rotatable bonds is 21. The molecule has 20 rings (SSSR count). The Balaban J connectivity index is 0.000000117. The molecule has 0 spiro atoms. The molecule has 4 aliphatic heterocycles. The maximum Gasteiger partial charge on any atom is 0.182 e. The third-order valence-corrected chi connectivity index (χ3v) is 25.3. The lowest BCUT2D eigenvalue weighted by atomic mass is 10.1. The minimum absolute atomic E-state index is 0.530. The van der Waals surface area contributed by atoms with Gasteiger partial charge in [-0.2, -0.15) is 20.4 Å². The van der Waals surface area contributed by atoms with Gasteiger partial charge in [0.05, 0.1) is 67.8 Å². The number of halogens is 4. The molecule has 29 nitrogen and oxygen atoms in total. The van der Waals surface area contributed by atoms with Gasteiger partial charge in [-0.15, -0.1) is 40.8 Å². The third-order valence-electron chi connectivity index (χ3n) is 23.9. The van der Waals surface area contributed by atoms with E-state index in [4.69, 9.17) is 66.8 Å². The van der Waals surface area contributed by atoms with Crippen molar-refractivity contribution in [1.82, 2.24) is 142 Å². The lowest BCUT2D eigenvalue weighted by Crippen LogP contribution is -2.45. The molecule has 124 heavy (non-hydrogen) atoms. The first-order valence-electron chi connectivity index (χ1n) is 42.6. The van der Waals surface area contributed by atoms with Gasteiger partial charge in [-0.3, -0.25) is 24.2 Å². The van der Waals surface area contributed by atoms with Gasteiger partial charge in [0, 0.05) is 201 Å². The Labute approximate surface area is 741 Å². The molecule has 33 heteroatoms. The van der Waals surface area contributed by atoms with Crippen molar-refractivity contribution >= 4 is 90.5 Å². The third kappa shape index (κ3) is 18.7. The van der Waals surface area contributed by atoms with E-state index in [1.165, 1.54) is 0 Å². The first kappa shape index (κ1) is 85.2. The molecule has 4 aromatic carbocycles. The number of imidazole rings is 1. The first-order chi connectivity index (χ1) is 60.6. The van der Waals surface area contributed by atoms with E-state index in [-0.39, 0.29) is 0 Å². The summed E-state index contributed by atoms with van der Waals surface area (Å²) in [5.74, 6) is 2.47. The fraction of sp³-hybridized carbons (Fsp3) is 0.352. The predicted octanol–water partition coefficient (Wildman–Crippen LogP) is 13.3. The van der Waals surface area contributed by atoms with E-state index in [2.05, 4.69) is 175 Å². The summed E-state index contributed by atoms with van der Waals surface area (Å²) < 4.78 is 15.5. The molecule has 0 unspecified atom stereocenters. The molecule has 16 aromatic rings. The van der Waals surface area contributed by atoms with E-state index in [0.29, 0.717) is 49.0 Å². The van der Waals surface area contributed by atoms with Crippen molar-refractivity contribution < 1.29 is 0 Å². The molecular formula is C91H103Cl4N29. The molecule has 12 aromatic heterocycles. The van der Waals surface area contributed by atoms with Gasteiger partial charge in [0.1, 0.15) is 29.1 Å². The van der Waals surface area contributed by atoms with Crippen LogP contribution in [0.2, 0.25) is 20.1 Å². The maximum atomic E-state index is 7.02. The van der Waals surface area contributed by atoms with Gasteiger partial charge in [-0.05, 0) is 84.9 Å². The van der Waals surface area contributed by atoms with E-state index < -0.39 is 0 Å². The van der Waals surface area contributed by atoms with E-state index in [0.717, 1.165) is 264 Å². The molecule has 0 bridgehead atoms. The van der Waals surface area contributed by atoms with Crippen molar-refractivity contribution in [2.24, 2.45) is 0 Å². The number of piperazine rings is 4. The molecule has 0 saturated carbocycles. The number of nitrogens with zero attached hydrogens (tertiary/aromatic N) is 29. The molecule has 0 radical (unpaired) electrons. The average molecular weight is 1740 g/mol. The van der Waals surface area contributed by atoms with Crippen molar-refractivity contribution in [3.63, 3.8) is 0 Å². The molecule has 0 N–H and O–H groups in total. The zero-order valence-electron chi connectivity index (χ0n) is 71.1. The van der Waals surface area contributed by atoms with Crippen LogP contribution >= 0.6 is 46.4 Å². The van der Waals surface area contributed by atoms with Crippen LogP contribution in [0.3, 0.4) is 0 Å². The van der Waals surface area contributed by atoms with Crippen LogP contribution in [-0.4, -0.2) is 301 Å². The van der Waals surface area contributed by atoms with Crippen LogP contribution in [-0.2, 0) is 32.6 Å². The zero-order chi connectivity index (χ0) is 85.3. The molecule has 0 amide bonds. The number of aromatic nitrogens is 21. The van der Waals surface area contributed by atoms with Crippen LogP contribution in [0.25, 0.3) is 112 Å². The Hall–Kier alpha value is -11.0. The minimum Gasteiger partial charge on any atom is -0.306 e. The molecule has 16 heterocycles. The predicted molar refractivity (Wildman–Crippen MR) is 493 cm³/mol. The lowest BCUT2D eigenvalue weighted by Gasteiger charge is -2.32. The topological polar surface area (TPSA) is 233 Å². The fourth-order valence-corrected chi connectivity index (χ4v) is 17.7. The Morgan fingerprint density at radius 3 is 0.927 bits per heavy atom. The SMILES string of the molecule is CCc1cccn1-c1nnc2c(c(-c3ccccc3)nn2CCN2CCN(C)CC2)c1Cl.CN1CCN(CCn2nc(-c3ccccc3)c3c(Cl)c(-n4cccc4)nnc32)CC1.CN1CCN(CCn2nc(-c3ccccc3)c3c(Cl)c(-n4ccnc4)nnc32)CC1.Cc1ccc(C)n1-c1nnc2c(c(-c3ccccc3)nn2CCN2CCN(C)CC2)c1Cl. The smallest absolute Gasteiger partial charge is 0.182 e. The molecule has 4 fully saturated rings. The summed E-state index contributed by atoms with van der Waals surface area (Å²) in [7, 11) is 8.69.